The van der Waals surface area contributed by atoms with Crippen molar-refractivity contribution in [2.75, 3.05) is 31.7 Å². The number of methoxy groups -OCH3 is 1. The lowest BCUT2D eigenvalue weighted by molar-refractivity contribution is 0.222. The number of anilines is 1. The van der Waals surface area contributed by atoms with Gasteiger partial charge in [-0.05, 0) is 29.7 Å². The van der Waals surface area contributed by atoms with Crippen molar-refractivity contribution < 1.29 is 4.74 Å². The molecule has 2 N–H and O–H groups in total. The third-order valence-corrected chi connectivity index (χ3v) is 3.97. The summed E-state index contributed by atoms with van der Waals surface area (Å²) >= 11 is 0. The van der Waals surface area contributed by atoms with Gasteiger partial charge in [0.25, 0.3) is 0 Å². The summed E-state index contributed by atoms with van der Waals surface area (Å²) in [5, 5.41) is 1.15. The van der Waals surface area contributed by atoms with Crippen LogP contribution in [-0.4, -0.2) is 31.8 Å². The molecule has 1 aliphatic heterocycles. The van der Waals surface area contributed by atoms with Crippen LogP contribution in [-0.2, 0) is 11.3 Å². The molecular weight excluding hydrogens is 262 g/mol. The van der Waals surface area contributed by atoms with E-state index in [2.05, 4.69) is 23.1 Å². The first-order valence-corrected chi connectivity index (χ1v) is 7.32. The van der Waals surface area contributed by atoms with Crippen molar-refractivity contribution in [2.45, 2.75) is 13.0 Å². The highest BCUT2D eigenvalue weighted by atomic mass is 16.5. The maximum Gasteiger partial charge on any atom is 0.129 e. The van der Waals surface area contributed by atoms with Crippen molar-refractivity contribution >= 4 is 16.7 Å². The second-order valence-electron chi connectivity index (χ2n) is 5.35. The second-order valence-corrected chi connectivity index (χ2v) is 5.35. The smallest absolute Gasteiger partial charge is 0.129 e. The number of para-hydroxylation sites is 1. The van der Waals surface area contributed by atoms with E-state index in [9.17, 15) is 0 Å². The third kappa shape index (κ3) is 2.91. The largest absolute Gasteiger partial charge is 0.380 e. The van der Waals surface area contributed by atoms with Gasteiger partial charge in [0.15, 0.2) is 0 Å². The van der Waals surface area contributed by atoms with Gasteiger partial charge in [0.2, 0.25) is 0 Å². The highest BCUT2D eigenvalue weighted by Crippen LogP contribution is 2.24. The summed E-state index contributed by atoms with van der Waals surface area (Å²) in [6.45, 7) is 3.13. The minimum absolute atomic E-state index is 0.536. The molecule has 110 valence electrons. The third-order valence-electron chi connectivity index (χ3n) is 3.97. The maximum absolute atomic E-state index is 5.90. The molecule has 0 radical (unpaired) electrons. The summed E-state index contributed by atoms with van der Waals surface area (Å²) < 4.78 is 5.20. The van der Waals surface area contributed by atoms with Crippen LogP contribution in [0.3, 0.4) is 0 Å². The molecule has 4 nitrogen and oxygen atoms in total. The van der Waals surface area contributed by atoms with Gasteiger partial charge in [0.05, 0.1) is 12.1 Å². The lowest BCUT2D eigenvalue weighted by atomic mass is 10.1. The van der Waals surface area contributed by atoms with Crippen molar-refractivity contribution in [3.63, 3.8) is 0 Å². The van der Waals surface area contributed by atoms with Gasteiger partial charge in [0, 0.05) is 32.1 Å². The fourth-order valence-electron chi connectivity index (χ4n) is 2.80. The van der Waals surface area contributed by atoms with E-state index in [0.717, 1.165) is 48.4 Å². The van der Waals surface area contributed by atoms with Crippen LogP contribution in [0.5, 0.6) is 0 Å². The number of nitrogens with zero attached hydrogens (tertiary/aromatic N) is 2. The molecule has 0 bridgehead atoms. The number of nitrogens with two attached hydrogens (primary N) is 1. The highest BCUT2D eigenvalue weighted by molar-refractivity contribution is 5.84. The van der Waals surface area contributed by atoms with E-state index in [1.165, 1.54) is 5.57 Å². The number of ether oxygens (including phenoxy) is 1. The van der Waals surface area contributed by atoms with Crippen LogP contribution in [0.25, 0.3) is 10.9 Å². The first kappa shape index (κ1) is 14.0. The standard InChI is InChI=1S/C17H21N3O/c1-21-12-13-6-8-20(9-7-13)17-10-14(11-18)15-4-2-3-5-16(15)19-17/h2-6,10H,7-9,11-12,18H2,1H3. The summed E-state index contributed by atoms with van der Waals surface area (Å²) in [4.78, 5) is 7.08. The SMILES string of the molecule is COCC1=CCN(c2cc(CN)c3ccccc3n2)CC1. The quantitative estimate of drug-likeness (QED) is 0.876. The molecule has 3 rings (SSSR count). The zero-order valence-electron chi connectivity index (χ0n) is 12.4. The Balaban J connectivity index is 1.91. The second kappa shape index (κ2) is 6.24. The molecule has 0 amide bonds. The molecule has 0 unspecified atom stereocenters. The monoisotopic (exact) mass is 283 g/mol. The molecule has 0 spiro atoms. The Labute approximate surface area is 125 Å². The van der Waals surface area contributed by atoms with Crippen LogP contribution in [0.1, 0.15) is 12.0 Å². The molecule has 2 aromatic rings. The Kier molecular flexibility index (Phi) is 4.18. The molecule has 0 fully saturated rings. The Bertz CT molecular complexity index is 666. The molecule has 1 aliphatic rings. The van der Waals surface area contributed by atoms with Crippen LogP contribution in [0, 0.1) is 0 Å². The topological polar surface area (TPSA) is 51.4 Å². The molecule has 0 saturated heterocycles. The zero-order chi connectivity index (χ0) is 14.7. The van der Waals surface area contributed by atoms with Gasteiger partial charge in [-0.1, -0.05) is 24.3 Å². The summed E-state index contributed by atoms with van der Waals surface area (Å²) in [7, 11) is 1.74. The van der Waals surface area contributed by atoms with E-state index in [1.807, 2.05) is 18.2 Å². The number of aromatic nitrogens is 1. The van der Waals surface area contributed by atoms with Gasteiger partial charge in [-0.15, -0.1) is 0 Å². The van der Waals surface area contributed by atoms with E-state index < -0.39 is 0 Å². The number of benzene rings is 1. The number of hydrogen-bond donors (Lipinski definition) is 1. The number of fused-ring (bicyclic) bond motifs is 1. The lowest BCUT2D eigenvalue weighted by Crippen LogP contribution is -2.30. The first-order valence-electron chi connectivity index (χ1n) is 7.32. The average molecular weight is 283 g/mol. The number of hydrogen-bond acceptors (Lipinski definition) is 4. The zero-order valence-corrected chi connectivity index (χ0v) is 12.4. The number of rotatable bonds is 4. The maximum atomic E-state index is 5.90. The normalized spacial score (nSPS) is 15.3. The molecule has 1 aromatic heterocycles. The van der Waals surface area contributed by atoms with Crippen molar-refractivity contribution in [3.05, 3.63) is 47.5 Å². The first-order chi connectivity index (χ1) is 10.3. The van der Waals surface area contributed by atoms with Crippen LogP contribution in [0.15, 0.2) is 42.0 Å². The van der Waals surface area contributed by atoms with Crippen LogP contribution in [0.2, 0.25) is 0 Å². The van der Waals surface area contributed by atoms with Gasteiger partial charge in [0.1, 0.15) is 5.82 Å². The molecule has 21 heavy (non-hydrogen) atoms. The molecule has 1 aromatic carbocycles. The number of pyridine rings is 1. The average Bonchev–Trinajstić information content (AvgIpc) is 2.55. The van der Waals surface area contributed by atoms with Gasteiger partial charge in [-0.3, -0.25) is 0 Å². The van der Waals surface area contributed by atoms with Crippen molar-refractivity contribution in [2.24, 2.45) is 5.73 Å². The molecule has 4 heteroatoms. The fraction of sp³-hybridized carbons (Fsp3) is 0.353. The molecule has 0 saturated carbocycles. The molecule has 0 atom stereocenters. The van der Waals surface area contributed by atoms with Gasteiger partial charge in [-0.2, -0.15) is 0 Å². The van der Waals surface area contributed by atoms with Crippen molar-refractivity contribution in [1.82, 2.24) is 4.98 Å². The van der Waals surface area contributed by atoms with Crippen molar-refractivity contribution in [3.8, 4) is 0 Å². The Morgan fingerprint density at radius 2 is 2.19 bits per heavy atom. The molecule has 2 heterocycles. The van der Waals surface area contributed by atoms with E-state index in [0.29, 0.717) is 6.54 Å². The van der Waals surface area contributed by atoms with Gasteiger partial charge in [-0.25, -0.2) is 4.98 Å². The predicted molar refractivity (Wildman–Crippen MR) is 86.4 cm³/mol. The Morgan fingerprint density at radius 1 is 1.33 bits per heavy atom. The van der Waals surface area contributed by atoms with Crippen LogP contribution >= 0.6 is 0 Å². The summed E-state index contributed by atoms with van der Waals surface area (Å²) in [5.74, 6) is 1.02. The van der Waals surface area contributed by atoms with Crippen LogP contribution < -0.4 is 10.6 Å². The summed E-state index contributed by atoms with van der Waals surface area (Å²) in [6.07, 6.45) is 3.27. The Hall–Kier alpha value is -1.91. The van der Waals surface area contributed by atoms with E-state index in [4.69, 9.17) is 15.5 Å². The van der Waals surface area contributed by atoms with E-state index in [1.54, 1.807) is 7.11 Å². The lowest BCUT2D eigenvalue weighted by Gasteiger charge is -2.28. The predicted octanol–water partition coefficient (Wildman–Crippen LogP) is 2.48. The Morgan fingerprint density at radius 3 is 2.90 bits per heavy atom. The van der Waals surface area contributed by atoms with Gasteiger partial charge < -0.3 is 15.4 Å². The van der Waals surface area contributed by atoms with Crippen molar-refractivity contribution in [1.29, 1.82) is 0 Å². The van der Waals surface area contributed by atoms with Gasteiger partial charge >= 0.3 is 0 Å². The molecule has 0 aliphatic carbocycles. The van der Waals surface area contributed by atoms with Crippen LogP contribution in [0.4, 0.5) is 5.82 Å². The summed E-state index contributed by atoms with van der Waals surface area (Å²) in [5.41, 5.74) is 9.44. The highest BCUT2D eigenvalue weighted by Gasteiger charge is 2.15. The molecular formula is C17H21N3O. The van der Waals surface area contributed by atoms with E-state index in [-0.39, 0.29) is 0 Å². The minimum atomic E-state index is 0.536. The summed E-state index contributed by atoms with van der Waals surface area (Å²) in [6, 6.07) is 10.3. The fourth-order valence-corrected chi connectivity index (χ4v) is 2.80. The minimum Gasteiger partial charge on any atom is -0.380 e. The van der Waals surface area contributed by atoms with E-state index >= 15 is 0 Å².